The fourth-order valence-electron chi connectivity index (χ4n) is 3.60. The summed E-state index contributed by atoms with van der Waals surface area (Å²) >= 11 is 0. The highest BCUT2D eigenvalue weighted by molar-refractivity contribution is 5.95. The first-order chi connectivity index (χ1) is 14.2. The van der Waals surface area contributed by atoms with E-state index in [9.17, 15) is 4.79 Å². The number of hydrogen-bond acceptors (Lipinski definition) is 2. The average Bonchev–Trinajstić information content (AvgIpc) is 3.32. The Labute approximate surface area is 168 Å². The van der Waals surface area contributed by atoms with Crippen LogP contribution in [0.25, 0.3) is 27.8 Å². The third-order valence-electron chi connectivity index (χ3n) is 5.11. The number of aromatic nitrogens is 3. The molecule has 0 saturated heterocycles. The van der Waals surface area contributed by atoms with Gasteiger partial charge in [-0.15, -0.1) is 0 Å². The molecule has 29 heavy (non-hydrogen) atoms. The number of aryl methyl sites for hydroxylation is 1. The Morgan fingerprint density at radius 3 is 2.79 bits per heavy atom. The lowest BCUT2D eigenvalue weighted by Gasteiger charge is -2.06. The molecule has 5 nitrogen and oxygen atoms in total. The number of nitrogens with zero attached hydrogens (tertiary/aromatic N) is 2. The lowest BCUT2D eigenvalue weighted by Crippen LogP contribution is -2.14. The van der Waals surface area contributed by atoms with E-state index in [1.807, 2.05) is 71.5 Å². The quantitative estimate of drug-likeness (QED) is 0.462. The summed E-state index contributed by atoms with van der Waals surface area (Å²) in [5.74, 6) is -0.0364. The summed E-state index contributed by atoms with van der Waals surface area (Å²) in [6, 6.07) is 19.9. The lowest BCUT2D eigenvalue weighted by molar-refractivity contribution is -0.115. The Morgan fingerprint density at radius 2 is 1.93 bits per heavy atom. The molecule has 0 saturated carbocycles. The number of fused-ring (bicyclic) bond motifs is 2. The summed E-state index contributed by atoms with van der Waals surface area (Å²) < 4.78 is 2.01. The number of hydrogen-bond donors (Lipinski definition) is 2. The summed E-state index contributed by atoms with van der Waals surface area (Å²) in [5, 5.41) is 4.06. The standard InChI is InChI=1S/C24H20N4O/c1-16-10-11-28-15-22(27-23(28)12-16)17-6-8-19(9-7-17)26-24(29)13-18-14-25-21-5-3-2-4-20(18)21/h2-12,14-15,25H,13H2,1H3,(H,26,29). The zero-order valence-corrected chi connectivity index (χ0v) is 16.0. The Morgan fingerprint density at radius 1 is 1.10 bits per heavy atom. The van der Waals surface area contributed by atoms with Gasteiger partial charge in [0, 0.05) is 40.7 Å². The van der Waals surface area contributed by atoms with Crippen LogP contribution in [-0.2, 0) is 11.2 Å². The largest absolute Gasteiger partial charge is 0.361 e. The van der Waals surface area contributed by atoms with Crippen LogP contribution >= 0.6 is 0 Å². The molecule has 142 valence electrons. The number of carbonyl (C=O) groups excluding carboxylic acids is 1. The van der Waals surface area contributed by atoms with Crippen LogP contribution in [0.1, 0.15) is 11.1 Å². The van der Waals surface area contributed by atoms with E-state index in [1.165, 1.54) is 5.56 Å². The van der Waals surface area contributed by atoms with Gasteiger partial charge >= 0.3 is 0 Å². The Balaban J connectivity index is 1.31. The van der Waals surface area contributed by atoms with Gasteiger partial charge in [-0.05, 0) is 48.4 Å². The lowest BCUT2D eigenvalue weighted by atomic mass is 10.1. The molecule has 0 radical (unpaired) electrons. The minimum atomic E-state index is -0.0364. The number of amides is 1. The highest BCUT2D eigenvalue weighted by Gasteiger charge is 2.10. The fraction of sp³-hybridized carbons (Fsp3) is 0.0833. The molecule has 0 bridgehead atoms. The first kappa shape index (κ1) is 17.3. The number of H-pyrrole nitrogens is 1. The Bertz CT molecular complexity index is 1330. The number of anilines is 1. The van der Waals surface area contributed by atoms with E-state index in [1.54, 1.807) is 0 Å². The van der Waals surface area contributed by atoms with Gasteiger partial charge in [0.15, 0.2) is 0 Å². The molecule has 3 aromatic heterocycles. The predicted molar refractivity (Wildman–Crippen MR) is 116 cm³/mol. The zero-order chi connectivity index (χ0) is 19.8. The van der Waals surface area contributed by atoms with Crippen LogP contribution in [0.15, 0.2) is 79.3 Å². The van der Waals surface area contributed by atoms with Gasteiger partial charge in [0.25, 0.3) is 0 Å². The number of rotatable bonds is 4. The van der Waals surface area contributed by atoms with Crippen molar-refractivity contribution in [2.24, 2.45) is 0 Å². The van der Waals surface area contributed by atoms with Crippen molar-refractivity contribution < 1.29 is 4.79 Å². The highest BCUT2D eigenvalue weighted by Crippen LogP contribution is 2.22. The second kappa shape index (κ2) is 6.95. The minimum absolute atomic E-state index is 0.0364. The first-order valence-corrected chi connectivity index (χ1v) is 9.56. The molecule has 5 aromatic rings. The van der Waals surface area contributed by atoms with Crippen LogP contribution in [0.5, 0.6) is 0 Å². The maximum absolute atomic E-state index is 12.5. The minimum Gasteiger partial charge on any atom is -0.361 e. The SMILES string of the molecule is Cc1ccn2cc(-c3ccc(NC(=O)Cc4c[nH]c5ccccc45)cc3)nc2c1. The van der Waals surface area contributed by atoms with Crippen LogP contribution in [0.2, 0.25) is 0 Å². The number of carbonyl (C=O) groups is 1. The number of benzene rings is 2. The monoisotopic (exact) mass is 380 g/mol. The third-order valence-corrected chi connectivity index (χ3v) is 5.11. The van der Waals surface area contributed by atoms with Crippen molar-refractivity contribution in [1.29, 1.82) is 0 Å². The molecule has 0 atom stereocenters. The molecular weight excluding hydrogens is 360 g/mol. The summed E-state index contributed by atoms with van der Waals surface area (Å²) in [5.41, 5.74) is 6.85. The van der Waals surface area contributed by atoms with Gasteiger partial charge in [0.05, 0.1) is 12.1 Å². The van der Waals surface area contributed by atoms with Crippen LogP contribution in [0.4, 0.5) is 5.69 Å². The van der Waals surface area contributed by atoms with E-state index in [2.05, 4.69) is 34.3 Å². The average molecular weight is 380 g/mol. The maximum Gasteiger partial charge on any atom is 0.228 e. The molecule has 0 aliphatic rings. The normalized spacial score (nSPS) is 11.2. The van der Waals surface area contributed by atoms with Gasteiger partial charge in [0.2, 0.25) is 5.91 Å². The summed E-state index contributed by atoms with van der Waals surface area (Å²) in [7, 11) is 0. The summed E-state index contributed by atoms with van der Waals surface area (Å²) in [6.45, 7) is 2.06. The third kappa shape index (κ3) is 3.38. The molecule has 2 aromatic carbocycles. The molecule has 5 rings (SSSR count). The van der Waals surface area contributed by atoms with Gasteiger partial charge in [-0.1, -0.05) is 30.3 Å². The van der Waals surface area contributed by atoms with Gasteiger partial charge in [-0.25, -0.2) is 4.98 Å². The van der Waals surface area contributed by atoms with Crippen molar-refractivity contribution in [1.82, 2.24) is 14.4 Å². The van der Waals surface area contributed by atoms with Crippen LogP contribution < -0.4 is 5.32 Å². The van der Waals surface area contributed by atoms with Gasteiger partial charge in [0.1, 0.15) is 5.65 Å². The van der Waals surface area contributed by atoms with Gasteiger partial charge < -0.3 is 14.7 Å². The van der Waals surface area contributed by atoms with E-state index in [-0.39, 0.29) is 5.91 Å². The van der Waals surface area contributed by atoms with Crippen molar-refractivity contribution in [3.8, 4) is 11.3 Å². The zero-order valence-electron chi connectivity index (χ0n) is 16.0. The second-order valence-electron chi connectivity index (χ2n) is 7.26. The Kier molecular flexibility index (Phi) is 4.13. The molecule has 1 amide bonds. The number of pyridine rings is 1. The van der Waals surface area contributed by atoms with E-state index in [0.29, 0.717) is 6.42 Å². The second-order valence-corrected chi connectivity index (χ2v) is 7.26. The van der Waals surface area contributed by atoms with Crippen molar-refractivity contribution in [2.45, 2.75) is 13.3 Å². The van der Waals surface area contributed by atoms with E-state index in [0.717, 1.165) is 39.1 Å². The molecule has 0 unspecified atom stereocenters. The topological polar surface area (TPSA) is 62.2 Å². The smallest absolute Gasteiger partial charge is 0.228 e. The predicted octanol–water partition coefficient (Wildman–Crippen LogP) is 4.97. The molecule has 0 aliphatic heterocycles. The van der Waals surface area contributed by atoms with Gasteiger partial charge in [-0.3, -0.25) is 4.79 Å². The van der Waals surface area contributed by atoms with E-state index < -0.39 is 0 Å². The van der Waals surface area contributed by atoms with Crippen molar-refractivity contribution in [3.63, 3.8) is 0 Å². The number of imidazole rings is 1. The molecule has 0 fully saturated rings. The van der Waals surface area contributed by atoms with Crippen molar-refractivity contribution in [3.05, 3.63) is 90.4 Å². The van der Waals surface area contributed by atoms with Crippen molar-refractivity contribution in [2.75, 3.05) is 5.32 Å². The van der Waals surface area contributed by atoms with Crippen molar-refractivity contribution >= 4 is 28.1 Å². The number of nitrogens with one attached hydrogen (secondary N) is 2. The van der Waals surface area contributed by atoms with Crippen LogP contribution in [-0.4, -0.2) is 20.3 Å². The van der Waals surface area contributed by atoms with E-state index in [4.69, 9.17) is 0 Å². The number of para-hydroxylation sites is 1. The fourth-order valence-corrected chi connectivity index (χ4v) is 3.60. The number of aromatic amines is 1. The van der Waals surface area contributed by atoms with Crippen LogP contribution in [0, 0.1) is 6.92 Å². The molecule has 0 spiro atoms. The van der Waals surface area contributed by atoms with Gasteiger partial charge in [-0.2, -0.15) is 0 Å². The molecule has 2 N–H and O–H groups in total. The molecular formula is C24H20N4O. The Hall–Kier alpha value is -3.86. The first-order valence-electron chi connectivity index (χ1n) is 9.56. The highest BCUT2D eigenvalue weighted by atomic mass is 16.1. The maximum atomic E-state index is 12.5. The van der Waals surface area contributed by atoms with Crippen LogP contribution in [0.3, 0.4) is 0 Å². The summed E-state index contributed by atoms with van der Waals surface area (Å²) in [6.07, 6.45) is 6.26. The molecule has 3 heterocycles. The molecule has 5 heteroatoms. The molecule has 0 aliphatic carbocycles. The van der Waals surface area contributed by atoms with E-state index >= 15 is 0 Å². The summed E-state index contributed by atoms with van der Waals surface area (Å²) in [4.78, 5) is 20.4.